The number of nitrogens with one attached hydrogen (secondary N) is 1. The minimum Gasteiger partial charge on any atom is -0.378 e. The number of hydrogen-bond donors (Lipinski definition) is 1. The molecule has 1 atom stereocenters. The largest absolute Gasteiger partial charge is 0.378 e. The van der Waals surface area contributed by atoms with Crippen molar-refractivity contribution in [3.8, 4) is 0 Å². The summed E-state index contributed by atoms with van der Waals surface area (Å²) in [4.78, 5) is 0. The van der Waals surface area contributed by atoms with Crippen molar-refractivity contribution in [3.63, 3.8) is 0 Å². The van der Waals surface area contributed by atoms with Gasteiger partial charge in [0.05, 0.1) is 6.04 Å². The third-order valence-electron chi connectivity index (χ3n) is 3.56. The normalized spacial score (nSPS) is 12.3. The van der Waals surface area contributed by atoms with Crippen LogP contribution in [0.3, 0.4) is 0 Å². The molecular formula is C18H15F2N. The fraction of sp³-hybridized carbons (Fsp3) is 0.111. The van der Waals surface area contributed by atoms with Gasteiger partial charge in [0.15, 0.2) is 0 Å². The fourth-order valence-corrected chi connectivity index (χ4v) is 2.45. The zero-order valence-electron chi connectivity index (χ0n) is 11.6. The van der Waals surface area contributed by atoms with E-state index in [0.717, 1.165) is 28.6 Å². The van der Waals surface area contributed by atoms with Gasteiger partial charge in [-0.2, -0.15) is 0 Å². The van der Waals surface area contributed by atoms with Crippen LogP contribution in [0.15, 0.2) is 60.7 Å². The van der Waals surface area contributed by atoms with Crippen molar-refractivity contribution in [2.75, 3.05) is 5.32 Å². The van der Waals surface area contributed by atoms with Crippen molar-refractivity contribution in [1.82, 2.24) is 0 Å². The van der Waals surface area contributed by atoms with Crippen molar-refractivity contribution < 1.29 is 8.78 Å². The molecular weight excluding hydrogens is 268 g/mol. The van der Waals surface area contributed by atoms with Gasteiger partial charge in [0.1, 0.15) is 11.6 Å². The first-order valence-electron chi connectivity index (χ1n) is 6.84. The van der Waals surface area contributed by atoms with E-state index in [9.17, 15) is 8.78 Å². The summed E-state index contributed by atoms with van der Waals surface area (Å²) in [5.74, 6) is -0.837. The molecule has 106 valence electrons. The van der Waals surface area contributed by atoms with Crippen LogP contribution in [0.4, 0.5) is 14.5 Å². The first kappa shape index (κ1) is 13.6. The fourth-order valence-electron chi connectivity index (χ4n) is 2.45. The van der Waals surface area contributed by atoms with Gasteiger partial charge in [0.25, 0.3) is 0 Å². The summed E-state index contributed by atoms with van der Waals surface area (Å²) in [5, 5.41) is 5.46. The maximum atomic E-state index is 13.8. The average molecular weight is 283 g/mol. The number of hydrogen-bond acceptors (Lipinski definition) is 1. The van der Waals surface area contributed by atoms with Gasteiger partial charge in [0.2, 0.25) is 0 Å². The van der Waals surface area contributed by atoms with Crippen LogP contribution < -0.4 is 5.32 Å². The summed E-state index contributed by atoms with van der Waals surface area (Å²) in [5.41, 5.74) is 1.20. The molecule has 0 saturated heterocycles. The second kappa shape index (κ2) is 5.52. The van der Waals surface area contributed by atoms with E-state index < -0.39 is 11.6 Å². The molecule has 0 aliphatic carbocycles. The van der Waals surface area contributed by atoms with Crippen LogP contribution in [0.1, 0.15) is 18.5 Å². The molecule has 3 aromatic rings. The predicted molar refractivity (Wildman–Crippen MR) is 82.3 cm³/mol. The molecule has 3 rings (SSSR count). The third-order valence-corrected chi connectivity index (χ3v) is 3.56. The van der Waals surface area contributed by atoms with Crippen LogP contribution in [0, 0.1) is 11.6 Å². The molecule has 0 fully saturated rings. The summed E-state index contributed by atoms with van der Waals surface area (Å²) in [6.45, 7) is 1.81. The van der Waals surface area contributed by atoms with Gasteiger partial charge in [0, 0.05) is 11.3 Å². The van der Waals surface area contributed by atoms with E-state index in [4.69, 9.17) is 0 Å². The number of fused-ring (bicyclic) bond motifs is 1. The minimum absolute atomic E-state index is 0.318. The molecule has 0 radical (unpaired) electrons. The van der Waals surface area contributed by atoms with Crippen LogP contribution in [-0.2, 0) is 0 Å². The Bertz CT molecular complexity index is 783. The second-order valence-electron chi connectivity index (χ2n) is 5.09. The smallest absolute Gasteiger partial charge is 0.128 e. The molecule has 21 heavy (non-hydrogen) atoms. The summed E-state index contributed by atoms with van der Waals surface area (Å²) in [6, 6.07) is 17.2. The van der Waals surface area contributed by atoms with Crippen molar-refractivity contribution in [3.05, 3.63) is 77.9 Å². The van der Waals surface area contributed by atoms with E-state index in [-0.39, 0.29) is 6.04 Å². The SMILES string of the molecule is CC(Nc1ccc2ccccc2c1)c1cc(F)ccc1F. The third kappa shape index (κ3) is 2.87. The molecule has 0 bridgehead atoms. The molecule has 0 amide bonds. The molecule has 0 saturated carbocycles. The van der Waals surface area contributed by atoms with E-state index in [1.54, 1.807) is 0 Å². The molecule has 0 aliphatic heterocycles. The number of benzene rings is 3. The Labute approximate surface area is 122 Å². The molecule has 3 aromatic carbocycles. The van der Waals surface area contributed by atoms with Crippen LogP contribution >= 0.6 is 0 Å². The summed E-state index contributed by atoms with van der Waals surface area (Å²) >= 11 is 0. The zero-order chi connectivity index (χ0) is 14.8. The predicted octanol–water partition coefficient (Wildman–Crippen LogP) is 5.29. The standard InChI is InChI=1S/C18H15F2N/c1-12(17-11-15(19)7-9-18(17)20)21-16-8-6-13-4-2-3-5-14(13)10-16/h2-12,21H,1H3. The highest BCUT2D eigenvalue weighted by atomic mass is 19.1. The van der Waals surface area contributed by atoms with Gasteiger partial charge < -0.3 is 5.32 Å². The Kier molecular flexibility index (Phi) is 3.57. The Hall–Kier alpha value is -2.42. The molecule has 0 aromatic heterocycles. The number of anilines is 1. The molecule has 1 N–H and O–H groups in total. The molecule has 0 heterocycles. The average Bonchev–Trinajstić information content (AvgIpc) is 2.49. The van der Waals surface area contributed by atoms with Crippen LogP contribution in [0.2, 0.25) is 0 Å². The van der Waals surface area contributed by atoms with Crippen molar-refractivity contribution in [2.45, 2.75) is 13.0 Å². The van der Waals surface area contributed by atoms with Gasteiger partial charge in [-0.05, 0) is 48.0 Å². The maximum Gasteiger partial charge on any atom is 0.128 e. The lowest BCUT2D eigenvalue weighted by Crippen LogP contribution is -2.09. The highest BCUT2D eigenvalue weighted by Gasteiger charge is 2.12. The lowest BCUT2D eigenvalue weighted by Gasteiger charge is -2.17. The van der Waals surface area contributed by atoms with Crippen molar-refractivity contribution in [2.24, 2.45) is 0 Å². The first-order chi connectivity index (χ1) is 10.1. The van der Waals surface area contributed by atoms with Crippen LogP contribution in [0.5, 0.6) is 0 Å². The number of halogens is 2. The van der Waals surface area contributed by atoms with E-state index in [0.29, 0.717) is 5.56 Å². The molecule has 1 nitrogen and oxygen atoms in total. The summed E-state index contributed by atoms with van der Waals surface area (Å²) in [7, 11) is 0. The highest BCUT2D eigenvalue weighted by molar-refractivity contribution is 5.85. The van der Waals surface area contributed by atoms with Gasteiger partial charge in [-0.25, -0.2) is 8.78 Å². The van der Waals surface area contributed by atoms with E-state index in [1.165, 1.54) is 6.07 Å². The lowest BCUT2D eigenvalue weighted by molar-refractivity contribution is 0.577. The summed E-state index contributed by atoms with van der Waals surface area (Å²) in [6.07, 6.45) is 0. The Balaban J connectivity index is 1.88. The monoisotopic (exact) mass is 283 g/mol. The van der Waals surface area contributed by atoms with Crippen molar-refractivity contribution in [1.29, 1.82) is 0 Å². The zero-order valence-corrected chi connectivity index (χ0v) is 11.6. The van der Waals surface area contributed by atoms with E-state index in [2.05, 4.69) is 5.32 Å². The Morgan fingerprint density at radius 1 is 0.857 bits per heavy atom. The molecule has 1 unspecified atom stereocenters. The molecule has 0 spiro atoms. The van der Waals surface area contributed by atoms with Gasteiger partial charge in [-0.3, -0.25) is 0 Å². The van der Waals surface area contributed by atoms with Crippen LogP contribution in [-0.4, -0.2) is 0 Å². The highest BCUT2D eigenvalue weighted by Crippen LogP contribution is 2.25. The van der Waals surface area contributed by atoms with E-state index >= 15 is 0 Å². The Morgan fingerprint density at radius 2 is 1.62 bits per heavy atom. The second-order valence-corrected chi connectivity index (χ2v) is 5.09. The van der Waals surface area contributed by atoms with Crippen molar-refractivity contribution >= 4 is 16.5 Å². The van der Waals surface area contributed by atoms with Gasteiger partial charge >= 0.3 is 0 Å². The quantitative estimate of drug-likeness (QED) is 0.688. The van der Waals surface area contributed by atoms with Crippen LogP contribution in [0.25, 0.3) is 10.8 Å². The van der Waals surface area contributed by atoms with Gasteiger partial charge in [-0.15, -0.1) is 0 Å². The van der Waals surface area contributed by atoms with Gasteiger partial charge in [-0.1, -0.05) is 30.3 Å². The minimum atomic E-state index is -0.432. The lowest BCUT2D eigenvalue weighted by atomic mass is 10.1. The molecule has 3 heteroatoms. The first-order valence-corrected chi connectivity index (χ1v) is 6.84. The topological polar surface area (TPSA) is 12.0 Å². The molecule has 0 aliphatic rings. The van der Waals surface area contributed by atoms with E-state index in [1.807, 2.05) is 49.4 Å². The summed E-state index contributed by atoms with van der Waals surface area (Å²) < 4.78 is 27.0. The Morgan fingerprint density at radius 3 is 2.43 bits per heavy atom. The maximum absolute atomic E-state index is 13.8. The number of rotatable bonds is 3.